The van der Waals surface area contributed by atoms with Crippen molar-refractivity contribution in [2.75, 3.05) is 18.6 Å². The third-order valence-corrected chi connectivity index (χ3v) is 5.64. The monoisotopic (exact) mass is 506 g/mol. The van der Waals surface area contributed by atoms with Gasteiger partial charge in [-0.15, -0.1) is 0 Å². The molecule has 2 rings (SSSR count). The predicted octanol–water partition coefficient (Wildman–Crippen LogP) is -0.849. The van der Waals surface area contributed by atoms with E-state index in [-0.39, 0.29) is 25.0 Å². The van der Waals surface area contributed by atoms with Gasteiger partial charge in [0.15, 0.2) is 0 Å². The first-order valence-corrected chi connectivity index (χ1v) is 12.2. The Kier molecular flexibility index (Phi) is 11.0. The summed E-state index contributed by atoms with van der Waals surface area (Å²) < 4.78 is 0. The Morgan fingerprint density at radius 2 is 1.74 bits per heavy atom. The molecule has 1 aromatic carbocycles. The number of carbonyl (C=O) groups excluding carboxylic acids is 3. The second-order valence-electron chi connectivity index (χ2n) is 7.77. The van der Waals surface area contributed by atoms with E-state index in [9.17, 15) is 24.3 Å². The normalized spacial score (nSPS) is 13.3. The number of nitrogens with one attached hydrogen (secondary N) is 4. The highest BCUT2D eigenvalue weighted by Crippen LogP contribution is 2.12. The molecule has 2 aromatic rings. The van der Waals surface area contributed by atoms with Gasteiger partial charge in [-0.1, -0.05) is 12.1 Å². The van der Waals surface area contributed by atoms with Gasteiger partial charge >= 0.3 is 5.97 Å². The highest BCUT2D eigenvalue weighted by Gasteiger charge is 2.28. The summed E-state index contributed by atoms with van der Waals surface area (Å²) in [5.41, 5.74) is 7.31. The molecule has 190 valence electrons. The lowest BCUT2D eigenvalue weighted by molar-refractivity contribution is -0.138. The van der Waals surface area contributed by atoms with Crippen LogP contribution in [0.25, 0.3) is 0 Å². The van der Waals surface area contributed by atoms with E-state index in [2.05, 4.69) is 25.9 Å². The molecule has 3 unspecified atom stereocenters. The molecule has 0 fully saturated rings. The van der Waals surface area contributed by atoms with Crippen LogP contribution in [0.4, 0.5) is 0 Å². The second kappa shape index (κ2) is 14.0. The zero-order valence-electron chi connectivity index (χ0n) is 19.2. The van der Waals surface area contributed by atoms with Crippen LogP contribution in [-0.2, 0) is 32.0 Å². The minimum atomic E-state index is -1.21. The zero-order valence-corrected chi connectivity index (χ0v) is 20.0. The summed E-state index contributed by atoms with van der Waals surface area (Å²) in [4.78, 5) is 56.0. The molecule has 0 saturated carbocycles. The first kappa shape index (κ1) is 27.7. The number of aromatic amines is 1. The van der Waals surface area contributed by atoms with Gasteiger partial charge in [0.25, 0.3) is 0 Å². The van der Waals surface area contributed by atoms with Gasteiger partial charge in [-0.25, -0.2) is 4.98 Å². The van der Waals surface area contributed by atoms with Gasteiger partial charge in [-0.3, -0.25) is 19.2 Å². The number of carboxylic acid groups (broad SMARTS) is 1. The number of aliphatic carboxylic acids is 1. The van der Waals surface area contributed by atoms with Crippen LogP contribution in [0, 0.1) is 0 Å². The lowest BCUT2D eigenvalue weighted by atomic mass is 10.0. The highest BCUT2D eigenvalue weighted by atomic mass is 32.2. The molecule has 0 bridgehead atoms. The van der Waals surface area contributed by atoms with Crippen LogP contribution in [0.2, 0.25) is 0 Å². The van der Waals surface area contributed by atoms with E-state index >= 15 is 0 Å². The van der Waals surface area contributed by atoms with Crippen molar-refractivity contribution in [3.63, 3.8) is 0 Å². The van der Waals surface area contributed by atoms with Gasteiger partial charge < -0.3 is 36.9 Å². The van der Waals surface area contributed by atoms with Crippen LogP contribution in [-0.4, -0.2) is 80.6 Å². The number of phenols is 1. The standard InChI is InChI=1S/C22H30N6O6S/c1-35-7-6-17(21(33)25-11-19(30)31)27-22(34)18(8-13-2-4-15(29)5-3-13)28-20(32)16(23)9-14-10-24-12-26-14/h2-5,10,12,16-18,29H,6-9,11,23H2,1H3,(H,24,26)(H,25,33)(H,27,34)(H,28,32)(H,30,31). The van der Waals surface area contributed by atoms with Crippen LogP contribution in [0.5, 0.6) is 5.75 Å². The van der Waals surface area contributed by atoms with Crippen LogP contribution in [0.1, 0.15) is 17.7 Å². The van der Waals surface area contributed by atoms with Gasteiger partial charge in [-0.05, 0) is 36.1 Å². The number of H-pyrrole nitrogens is 1. The van der Waals surface area contributed by atoms with E-state index in [1.807, 2.05) is 6.26 Å². The molecule has 0 spiro atoms. The number of nitrogens with two attached hydrogens (primary N) is 1. The summed E-state index contributed by atoms with van der Waals surface area (Å²) in [6.45, 7) is -0.583. The van der Waals surface area contributed by atoms with E-state index < -0.39 is 48.4 Å². The molecular formula is C22H30N6O6S. The van der Waals surface area contributed by atoms with E-state index in [4.69, 9.17) is 10.8 Å². The van der Waals surface area contributed by atoms with Crippen molar-refractivity contribution in [3.8, 4) is 5.75 Å². The fraction of sp³-hybridized carbons (Fsp3) is 0.409. The molecule has 35 heavy (non-hydrogen) atoms. The smallest absolute Gasteiger partial charge is 0.322 e. The number of thioether (sulfide) groups is 1. The van der Waals surface area contributed by atoms with Crippen LogP contribution < -0.4 is 21.7 Å². The maximum absolute atomic E-state index is 13.2. The van der Waals surface area contributed by atoms with Crippen LogP contribution >= 0.6 is 11.8 Å². The number of aromatic nitrogens is 2. The first-order valence-electron chi connectivity index (χ1n) is 10.8. The Morgan fingerprint density at radius 3 is 2.34 bits per heavy atom. The number of phenolic OH excluding ortho intramolecular Hbond substituents is 1. The number of hydrogen-bond acceptors (Lipinski definition) is 8. The van der Waals surface area contributed by atoms with Crippen molar-refractivity contribution < 1.29 is 29.4 Å². The van der Waals surface area contributed by atoms with Crippen molar-refractivity contribution in [2.45, 2.75) is 37.4 Å². The molecule has 0 aliphatic heterocycles. The van der Waals surface area contributed by atoms with E-state index in [1.165, 1.54) is 30.2 Å². The zero-order chi connectivity index (χ0) is 25.8. The Labute approximate surface area is 206 Å². The number of benzene rings is 1. The van der Waals surface area contributed by atoms with Crippen molar-refractivity contribution in [1.29, 1.82) is 0 Å². The third-order valence-electron chi connectivity index (χ3n) is 5.00. The SMILES string of the molecule is CSCCC(NC(=O)C(Cc1ccc(O)cc1)NC(=O)C(N)Cc1cnc[nH]1)C(=O)NCC(=O)O. The summed E-state index contributed by atoms with van der Waals surface area (Å²) in [5.74, 6) is -2.47. The molecule has 12 nitrogen and oxygen atoms in total. The number of amides is 3. The first-order chi connectivity index (χ1) is 16.7. The lowest BCUT2D eigenvalue weighted by Gasteiger charge is -2.24. The quantitative estimate of drug-likeness (QED) is 0.170. The molecule has 1 heterocycles. The van der Waals surface area contributed by atoms with Gasteiger partial charge in [-0.2, -0.15) is 11.8 Å². The summed E-state index contributed by atoms with van der Waals surface area (Å²) >= 11 is 1.46. The molecule has 0 radical (unpaired) electrons. The fourth-order valence-electron chi connectivity index (χ4n) is 3.14. The van der Waals surface area contributed by atoms with Gasteiger partial charge in [0.1, 0.15) is 24.4 Å². The number of nitrogens with zero attached hydrogens (tertiary/aromatic N) is 1. The fourth-order valence-corrected chi connectivity index (χ4v) is 3.62. The van der Waals surface area contributed by atoms with E-state index in [0.29, 0.717) is 17.0 Å². The van der Waals surface area contributed by atoms with Gasteiger partial charge in [0, 0.05) is 24.7 Å². The Morgan fingerprint density at radius 1 is 1.06 bits per heavy atom. The number of aromatic hydroxyl groups is 1. The summed E-state index contributed by atoms with van der Waals surface area (Å²) in [7, 11) is 0. The molecule has 0 aliphatic rings. The van der Waals surface area contributed by atoms with Crippen molar-refractivity contribution in [2.24, 2.45) is 5.73 Å². The molecule has 1 aromatic heterocycles. The molecule has 3 atom stereocenters. The topological polar surface area (TPSA) is 200 Å². The molecule has 3 amide bonds. The number of rotatable bonds is 14. The largest absolute Gasteiger partial charge is 0.508 e. The maximum Gasteiger partial charge on any atom is 0.322 e. The summed E-state index contributed by atoms with van der Waals surface area (Å²) in [6, 6.07) is 3.09. The Bertz CT molecular complexity index is 985. The van der Waals surface area contributed by atoms with Crippen molar-refractivity contribution in [3.05, 3.63) is 48.0 Å². The average Bonchev–Trinajstić information content (AvgIpc) is 3.33. The van der Waals surface area contributed by atoms with Gasteiger partial charge in [0.05, 0.1) is 12.4 Å². The van der Waals surface area contributed by atoms with E-state index in [1.54, 1.807) is 18.3 Å². The molecule has 8 N–H and O–H groups in total. The van der Waals surface area contributed by atoms with Gasteiger partial charge in [0.2, 0.25) is 17.7 Å². The molecular weight excluding hydrogens is 476 g/mol. The second-order valence-corrected chi connectivity index (χ2v) is 8.76. The number of hydrogen-bond donors (Lipinski definition) is 7. The summed E-state index contributed by atoms with van der Waals surface area (Å²) in [5, 5.41) is 25.9. The number of carbonyl (C=O) groups is 4. The summed E-state index contributed by atoms with van der Waals surface area (Å²) in [6.07, 6.45) is 5.35. The minimum Gasteiger partial charge on any atom is -0.508 e. The van der Waals surface area contributed by atoms with Crippen molar-refractivity contribution >= 4 is 35.5 Å². The Balaban J connectivity index is 2.15. The third kappa shape index (κ3) is 9.66. The number of imidazole rings is 1. The van der Waals surface area contributed by atoms with Crippen molar-refractivity contribution in [1.82, 2.24) is 25.9 Å². The highest BCUT2D eigenvalue weighted by molar-refractivity contribution is 7.98. The molecule has 13 heteroatoms. The van der Waals surface area contributed by atoms with Crippen LogP contribution in [0.15, 0.2) is 36.8 Å². The average molecular weight is 507 g/mol. The Hall–Kier alpha value is -3.58. The lowest BCUT2D eigenvalue weighted by Crippen LogP contribution is -2.57. The predicted molar refractivity (Wildman–Crippen MR) is 130 cm³/mol. The van der Waals surface area contributed by atoms with E-state index in [0.717, 1.165) is 0 Å². The number of carboxylic acids is 1. The van der Waals surface area contributed by atoms with Crippen LogP contribution in [0.3, 0.4) is 0 Å². The maximum atomic E-state index is 13.2. The molecule has 0 saturated heterocycles. The minimum absolute atomic E-state index is 0.0487. The molecule has 0 aliphatic carbocycles.